The summed E-state index contributed by atoms with van der Waals surface area (Å²) in [6, 6.07) is 0.447. The molecule has 3 heteroatoms. The Kier molecular flexibility index (Phi) is 2.05. The summed E-state index contributed by atoms with van der Waals surface area (Å²) in [6.07, 6.45) is 5.42. The second-order valence-corrected chi connectivity index (χ2v) is 5.18. The van der Waals surface area contributed by atoms with Crippen molar-refractivity contribution >= 4 is 0 Å². The van der Waals surface area contributed by atoms with Gasteiger partial charge in [0.2, 0.25) is 0 Å². The van der Waals surface area contributed by atoms with Gasteiger partial charge in [-0.25, -0.2) is 4.79 Å². The van der Waals surface area contributed by atoms with Crippen LogP contribution in [-0.2, 0) is 5.41 Å². The Morgan fingerprint density at radius 3 is 2.50 bits per heavy atom. The average Bonchev–Trinajstić information content (AvgIpc) is 2.28. The van der Waals surface area contributed by atoms with Crippen LogP contribution in [0.3, 0.4) is 0 Å². The Labute approximate surface area is 84.1 Å². The molecule has 1 fully saturated rings. The minimum Gasteiger partial charge on any atom is -0.312 e. The Bertz CT molecular complexity index is 377. The highest BCUT2D eigenvalue weighted by Crippen LogP contribution is 2.33. The van der Waals surface area contributed by atoms with Gasteiger partial charge in [0.15, 0.2) is 0 Å². The molecule has 0 unspecified atom stereocenters. The standard InChI is InChI=1S/C11H18N2O/c1-11(2,3)9-7-12-10(14)13(9)8-5-4-6-8/h7-8H,4-6H2,1-3H3,(H,12,14). The molecule has 0 spiro atoms. The predicted octanol–water partition coefficient (Wildman–Crippen LogP) is 2.20. The summed E-state index contributed by atoms with van der Waals surface area (Å²) in [5.74, 6) is 0. The molecule has 0 aliphatic heterocycles. The lowest BCUT2D eigenvalue weighted by molar-refractivity contribution is 0.290. The highest BCUT2D eigenvalue weighted by Gasteiger charge is 2.28. The van der Waals surface area contributed by atoms with Crippen molar-refractivity contribution in [2.24, 2.45) is 0 Å². The largest absolute Gasteiger partial charge is 0.325 e. The molecular formula is C11H18N2O. The number of nitrogens with one attached hydrogen (secondary N) is 1. The molecule has 1 aromatic heterocycles. The molecular weight excluding hydrogens is 176 g/mol. The second kappa shape index (κ2) is 3.01. The van der Waals surface area contributed by atoms with Crippen LogP contribution < -0.4 is 5.69 Å². The third-order valence-electron chi connectivity index (χ3n) is 3.02. The van der Waals surface area contributed by atoms with E-state index in [4.69, 9.17) is 0 Å². The molecule has 0 atom stereocenters. The van der Waals surface area contributed by atoms with Crippen molar-refractivity contribution in [3.63, 3.8) is 0 Å². The van der Waals surface area contributed by atoms with E-state index >= 15 is 0 Å². The highest BCUT2D eigenvalue weighted by molar-refractivity contribution is 5.12. The summed E-state index contributed by atoms with van der Waals surface area (Å²) in [6.45, 7) is 6.43. The van der Waals surface area contributed by atoms with Crippen LogP contribution in [0.5, 0.6) is 0 Å². The monoisotopic (exact) mass is 194 g/mol. The minimum atomic E-state index is 0.0503. The van der Waals surface area contributed by atoms with E-state index in [1.807, 2.05) is 10.8 Å². The van der Waals surface area contributed by atoms with E-state index in [0.29, 0.717) is 6.04 Å². The first-order chi connectivity index (χ1) is 6.50. The Hall–Kier alpha value is -0.990. The zero-order chi connectivity index (χ0) is 10.3. The van der Waals surface area contributed by atoms with Crippen LogP contribution in [0.25, 0.3) is 0 Å². The topological polar surface area (TPSA) is 37.8 Å². The maximum absolute atomic E-state index is 11.6. The number of hydrogen-bond acceptors (Lipinski definition) is 1. The fourth-order valence-electron chi connectivity index (χ4n) is 1.96. The van der Waals surface area contributed by atoms with Crippen LogP contribution in [0.1, 0.15) is 51.8 Å². The van der Waals surface area contributed by atoms with Crippen LogP contribution in [0.4, 0.5) is 0 Å². The maximum Gasteiger partial charge on any atom is 0.325 e. The van der Waals surface area contributed by atoms with Gasteiger partial charge >= 0.3 is 5.69 Å². The first-order valence-corrected chi connectivity index (χ1v) is 5.30. The van der Waals surface area contributed by atoms with Gasteiger partial charge in [-0.1, -0.05) is 20.8 Å². The molecule has 3 nitrogen and oxygen atoms in total. The van der Waals surface area contributed by atoms with Crippen LogP contribution in [0.2, 0.25) is 0 Å². The molecule has 0 amide bonds. The van der Waals surface area contributed by atoms with E-state index in [1.165, 1.54) is 6.42 Å². The number of hydrogen-bond donors (Lipinski definition) is 1. The van der Waals surface area contributed by atoms with E-state index in [-0.39, 0.29) is 11.1 Å². The molecule has 1 heterocycles. The zero-order valence-corrected chi connectivity index (χ0v) is 9.13. The first-order valence-electron chi connectivity index (χ1n) is 5.30. The molecule has 2 rings (SSSR count). The number of nitrogens with zero attached hydrogens (tertiary/aromatic N) is 1. The third-order valence-corrected chi connectivity index (χ3v) is 3.02. The molecule has 1 N–H and O–H groups in total. The van der Waals surface area contributed by atoms with Crippen molar-refractivity contribution in [1.29, 1.82) is 0 Å². The number of H-pyrrole nitrogens is 1. The molecule has 0 radical (unpaired) electrons. The molecule has 0 aromatic carbocycles. The van der Waals surface area contributed by atoms with Gasteiger partial charge in [0, 0.05) is 23.3 Å². The van der Waals surface area contributed by atoms with Gasteiger partial charge < -0.3 is 4.98 Å². The van der Waals surface area contributed by atoms with E-state index in [1.54, 1.807) is 0 Å². The van der Waals surface area contributed by atoms with Gasteiger partial charge in [-0.05, 0) is 19.3 Å². The molecule has 0 bridgehead atoms. The smallest absolute Gasteiger partial charge is 0.312 e. The highest BCUT2D eigenvalue weighted by atomic mass is 16.1. The lowest BCUT2D eigenvalue weighted by atomic mass is 9.88. The Morgan fingerprint density at radius 1 is 1.43 bits per heavy atom. The van der Waals surface area contributed by atoms with Crippen LogP contribution in [0.15, 0.2) is 11.0 Å². The summed E-state index contributed by atoms with van der Waals surface area (Å²) < 4.78 is 1.95. The molecule has 1 saturated carbocycles. The van der Waals surface area contributed by atoms with Gasteiger partial charge in [-0.2, -0.15) is 0 Å². The lowest BCUT2D eigenvalue weighted by Gasteiger charge is -2.31. The number of aromatic nitrogens is 2. The zero-order valence-electron chi connectivity index (χ0n) is 9.13. The second-order valence-electron chi connectivity index (χ2n) is 5.18. The molecule has 78 valence electrons. The van der Waals surface area contributed by atoms with Crippen LogP contribution in [0, 0.1) is 0 Å². The molecule has 1 aliphatic rings. The quantitative estimate of drug-likeness (QED) is 0.731. The van der Waals surface area contributed by atoms with Crippen LogP contribution >= 0.6 is 0 Å². The first kappa shape index (κ1) is 9.56. The number of imidazole rings is 1. The van der Waals surface area contributed by atoms with Gasteiger partial charge in [-0.3, -0.25) is 4.57 Å². The fraction of sp³-hybridized carbons (Fsp3) is 0.727. The van der Waals surface area contributed by atoms with Gasteiger partial charge in [0.1, 0.15) is 0 Å². The van der Waals surface area contributed by atoms with Crippen molar-refractivity contribution in [2.45, 2.75) is 51.5 Å². The van der Waals surface area contributed by atoms with E-state index in [9.17, 15) is 4.79 Å². The third kappa shape index (κ3) is 1.41. The maximum atomic E-state index is 11.6. The van der Waals surface area contributed by atoms with E-state index < -0.39 is 0 Å². The summed E-state index contributed by atoms with van der Waals surface area (Å²) in [7, 11) is 0. The van der Waals surface area contributed by atoms with Crippen molar-refractivity contribution in [1.82, 2.24) is 9.55 Å². The summed E-state index contributed by atoms with van der Waals surface area (Å²) in [5.41, 5.74) is 1.24. The molecule has 14 heavy (non-hydrogen) atoms. The molecule has 1 aliphatic carbocycles. The van der Waals surface area contributed by atoms with Crippen molar-refractivity contribution in [2.75, 3.05) is 0 Å². The van der Waals surface area contributed by atoms with Gasteiger partial charge in [0.05, 0.1) is 0 Å². The average molecular weight is 194 g/mol. The Morgan fingerprint density at radius 2 is 2.07 bits per heavy atom. The molecule has 0 saturated heterocycles. The SMILES string of the molecule is CC(C)(C)c1c[nH]c(=O)n1C1CCC1. The lowest BCUT2D eigenvalue weighted by Crippen LogP contribution is -2.31. The number of aromatic amines is 1. The van der Waals surface area contributed by atoms with Crippen molar-refractivity contribution < 1.29 is 0 Å². The van der Waals surface area contributed by atoms with E-state index in [2.05, 4.69) is 25.8 Å². The van der Waals surface area contributed by atoms with Crippen molar-refractivity contribution in [3.05, 3.63) is 22.4 Å². The Balaban J connectivity index is 2.45. The van der Waals surface area contributed by atoms with E-state index in [0.717, 1.165) is 18.5 Å². The summed E-state index contributed by atoms with van der Waals surface area (Å²) in [4.78, 5) is 14.4. The molecule has 1 aromatic rings. The van der Waals surface area contributed by atoms with Crippen molar-refractivity contribution in [3.8, 4) is 0 Å². The number of rotatable bonds is 1. The van der Waals surface area contributed by atoms with Crippen LogP contribution in [-0.4, -0.2) is 9.55 Å². The predicted molar refractivity (Wildman–Crippen MR) is 56.6 cm³/mol. The summed E-state index contributed by atoms with van der Waals surface area (Å²) >= 11 is 0. The van der Waals surface area contributed by atoms with Gasteiger partial charge in [0.25, 0.3) is 0 Å². The fourth-order valence-corrected chi connectivity index (χ4v) is 1.96. The van der Waals surface area contributed by atoms with Gasteiger partial charge in [-0.15, -0.1) is 0 Å². The normalized spacial score (nSPS) is 18.2. The summed E-state index contributed by atoms with van der Waals surface area (Å²) in [5, 5.41) is 0. The minimum absolute atomic E-state index is 0.0503.